The molecule has 210 valence electrons. The zero-order valence-corrected chi connectivity index (χ0v) is 23.9. The van der Waals surface area contributed by atoms with Gasteiger partial charge in [0.2, 0.25) is 10.0 Å². The predicted molar refractivity (Wildman–Crippen MR) is 147 cm³/mol. The summed E-state index contributed by atoms with van der Waals surface area (Å²) in [6, 6.07) is 10.7. The summed E-state index contributed by atoms with van der Waals surface area (Å²) in [5.41, 5.74) is 2.16. The molecule has 2 bridgehead atoms. The van der Waals surface area contributed by atoms with Crippen LogP contribution in [0.1, 0.15) is 56.7 Å². The van der Waals surface area contributed by atoms with E-state index < -0.39 is 27.5 Å². The lowest BCUT2D eigenvalue weighted by atomic mass is 9.51. The van der Waals surface area contributed by atoms with Crippen LogP contribution in [0.5, 0.6) is 17.2 Å². The Morgan fingerprint density at radius 3 is 2.69 bits per heavy atom. The first kappa shape index (κ1) is 26.6. The number of sulfonamides is 1. The van der Waals surface area contributed by atoms with E-state index in [4.69, 9.17) is 9.47 Å². The van der Waals surface area contributed by atoms with Crippen LogP contribution >= 0.6 is 0 Å². The molecule has 0 amide bonds. The van der Waals surface area contributed by atoms with Crippen LogP contribution in [-0.2, 0) is 32.4 Å². The highest BCUT2D eigenvalue weighted by Gasteiger charge is 2.67. The summed E-state index contributed by atoms with van der Waals surface area (Å²) in [6.45, 7) is 6.70. The Hall–Kier alpha value is -2.62. The molecule has 0 unspecified atom stereocenters. The Kier molecular flexibility index (Phi) is 6.47. The average Bonchev–Trinajstić information content (AvgIpc) is 3.21. The molecule has 2 aromatic rings. The molecule has 2 aliphatic carbocycles. The van der Waals surface area contributed by atoms with E-state index in [1.165, 1.54) is 13.0 Å². The summed E-state index contributed by atoms with van der Waals surface area (Å²) in [6.07, 6.45) is 2.64. The minimum Gasteiger partial charge on any atom is -0.504 e. The van der Waals surface area contributed by atoms with Gasteiger partial charge < -0.3 is 19.5 Å². The first-order chi connectivity index (χ1) is 18.5. The predicted octanol–water partition coefficient (Wildman–Crippen LogP) is 3.84. The van der Waals surface area contributed by atoms with E-state index in [1.54, 1.807) is 4.31 Å². The van der Waals surface area contributed by atoms with Gasteiger partial charge in [-0.3, -0.25) is 4.79 Å². The Bertz CT molecular complexity index is 1390. The number of esters is 1. The molecule has 9 heteroatoms. The number of hydrogen-bond donors (Lipinski definition) is 1. The third-order valence-electron chi connectivity index (χ3n) is 9.37. The van der Waals surface area contributed by atoms with Crippen molar-refractivity contribution in [3.63, 3.8) is 0 Å². The van der Waals surface area contributed by atoms with Crippen LogP contribution in [0.2, 0.25) is 0 Å². The maximum atomic E-state index is 14.1. The molecule has 2 heterocycles. The second-order valence-electron chi connectivity index (χ2n) is 12.2. The molecule has 2 aromatic carbocycles. The lowest BCUT2D eigenvalue weighted by molar-refractivity contribution is -0.132. The van der Waals surface area contributed by atoms with Crippen molar-refractivity contribution in [1.82, 2.24) is 9.21 Å². The summed E-state index contributed by atoms with van der Waals surface area (Å²) in [4.78, 5) is 14.4. The van der Waals surface area contributed by atoms with Crippen LogP contribution in [0, 0.1) is 11.8 Å². The topological polar surface area (TPSA) is 96.4 Å². The standard InChI is InChI=1S/C30H38N2O6S/c1-18(2)16-32(39(35,36)17-20-8-6-5-7-9-20)23-11-10-22-24-14-21-26(37-19(3)33)15-25(34)28-27(21)30(22,29(23)38-28)12-13-31(24)4/h5-9,15,18,22-24,29,34H,10-14,16-17H2,1-4H3/t22-,23-,24+,29-,30-/m0/s1. The van der Waals surface area contributed by atoms with Crippen molar-refractivity contribution in [1.29, 1.82) is 0 Å². The van der Waals surface area contributed by atoms with Gasteiger partial charge in [0.05, 0.1) is 11.8 Å². The third kappa shape index (κ3) is 4.16. The summed E-state index contributed by atoms with van der Waals surface area (Å²) in [5, 5.41) is 11.1. The third-order valence-corrected chi connectivity index (χ3v) is 11.2. The van der Waals surface area contributed by atoms with Crippen molar-refractivity contribution < 1.29 is 27.8 Å². The number of likely N-dealkylation sites (N-methyl/N-ethyl adjacent to an activating group) is 1. The van der Waals surface area contributed by atoms with Gasteiger partial charge in [0.15, 0.2) is 11.5 Å². The SMILES string of the molecule is CC(=O)Oc1cc(O)c2c3c1C[C@@H]1[C@@H]4CC[C@H](N(CC(C)C)S(=O)(=O)Cc5ccccc5)[C@H](O2)[C@]34CCN1C. The fourth-order valence-corrected chi connectivity index (χ4v) is 9.92. The molecule has 39 heavy (non-hydrogen) atoms. The number of rotatable bonds is 7. The van der Waals surface area contributed by atoms with E-state index >= 15 is 0 Å². The molecular formula is C30H38N2O6S. The highest BCUT2D eigenvalue weighted by molar-refractivity contribution is 7.88. The average molecular weight is 555 g/mol. The molecule has 2 aliphatic heterocycles. The normalized spacial score (nSPS) is 29.3. The van der Waals surface area contributed by atoms with Crippen LogP contribution in [-0.4, -0.2) is 67.0 Å². The van der Waals surface area contributed by atoms with Crippen molar-refractivity contribution in [2.45, 2.75) is 75.8 Å². The number of likely N-dealkylation sites (tertiary alicyclic amines) is 1. The Labute approximate surface area is 230 Å². The lowest BCUT2D eigenvalue weighted by Crippen LogP contribution is -2.68. The zero-order valence-electron chi connectivity index (χ0n) is 23.1. The van der Waals surface area contributed by atoms with Gasteiger partial charge in [-0.05, 0) is 56.7 Å². The van der Waals surface area contributed by atoms with Crippen molar-refractivity contribution in [3.8, 4) is 17.2 Å². The number of carbonyl (C=O) groups is 1. The van der Waals surface area contributed by atoms with E-state index in [0.717, 1.165) is 36.1 Å². The zero-order chi connectivity index (χ0) is 27.7. The molecule has 6 rings (SSSR count). The number of benzene rings is 2. The molecule has 5 atom stereocenters. The smallest absolute Gasteiger partial charge is 0.308 e. The second kappa shape index (κ2) is 9.49. The van der Waals surface area contributed by atoms with Gasteiger partial charge in [-0.25, -0.2) is 8.42 Å². The fourth-order valence-electron chi connectivity index (χ4n) is 7.99. The van der Waals surface area contributed by atoms with Gasteiger partial charge in [-0.1, -0.05) is 44.2 Å². The largest absolute Gasteiger partial charge is 0.504 e. The molecule has 0 radical (unpaired) electrons. The van der Waals surface area contributed by atoms with Gasteiger partial charge in [-0.15, -0.1) is 0 Å². The molecule has 8 nitrogen and oxygen atoms in total. The monoisotopic (exact) mass is 554 g/mol. The van der Waals surface area contributed by atoms with Crippen molar-refractivity contribution >= 4 is 16.0 Å². The summed E-state index contributed by atoms with van der Waals surface area (Å²) < 4.78 is 42.2. The molecular weight excluding hydrogens is 516 g/mol. The number of phenols is 1. The van der Waals surface area contributed by atoms with Crippen molar-refractivity contribution in [2.24, 2.45) is 11.8 Å². The van der Waals surface area contributed by atoms with E-state index in [1.807, 2.05) is 44.2 Å². The van der Waals surface area contributed by atoms with Gasteiger partial charge >= 0.3 is 5.97 Å². The number of nitrogens with zero attached hydrogens (tertiary/aromatic N) is 2. The van der Waals surface area contributed by atoms with Crippen molar-refractivity contribution in [3.05, 3.63) is 53.1 Å². The Balaban J connectivity index is 1.48. The maximum absolute atomic E-state index is 14.1. The number of hydrogen-bond acceptors (Lipinski definition) is 7. The van der Waals surface area contributed by atoms with E-state index in [2.05, 4.69) is 11.9 Å². The first-order valence-corrected chi connectivity index (χ1v) is 15.6. The Morgan fingerprint density at radius 2 is 2.00 bits per heavy atom. The van der Waals surface area contributed by atoms with Crippen molar-refractivity contribution in [2.75, 3.05) is 20.1 Å². The number of phenolic OH excluding ortho intramolecular Hbond substituents is 1. The van der Waals surface area contributed by atoms with Crippen LogP contribution < -0.4 is 9.47 Å². The van der Waals surface area contributed by atoms with Crippen LogP contribution in [0.4, 0.5) is 0 Å². The summed E-state index contributed by atoms with van der Waals surface area (Å²) in [7, 11) is -1.53. The summed E-state index contributed by atoms with van der Waals surface area (Å²) >= 11 is 0. The maximum Gasteiger partial charge on any atom is 0.308 e. The van der Waals surface area contributed by atoms with Gasteiger partial charge in [0.25, 0.3) is 0 Å². The van der Waals surface area contributed by atoms with Gasteiger partial charge in [-0.2, -0.15) is 4.31 Å². The molecule has 1 spiro atoms. The number of ether oxygens (including phenoxy) is 2. The van der Waals surface area contributed by atoms with Crippen LogP contribution in [0.15, 0.2) is 36.4 Å². The van der Waals surface area contributed by atoms with Gasteiger partial charge in [0.1, 0.15) is 11.9 Å². The lowest BCUT2D eigenvalue weighted by Gasteiger charge is -2.60. The summed E-state index contributed by atoms with van der Waals surface area (Å²) in [5.74, 6) is 0.671. The molecule has 2 fully saturated rings. The minimum atomic E-state index is -3.67. The molecule has 1 N–H and O–H groups in total. The van der Waals surface area contributed by atoms with E-state index in [9.17, 15) is 18.3 Å². The highest BCUT2D eigenvalue weighted by Crippen LogP contribution is 2.65. The fraction of sp³-hybridized carbons (Fsp3) is 0.567. The first-order valence-electron chi connectivity index (χ1n) is 14.0. The number of carbonyl (C=O) groups excluding carboxylic acids is 1. The van der Waals surface area contributed by atoms with Crippen LogP contribution in [0.25, 0.3) is 0 Å². The molecule has 1 saturated carbocycles. The number of aromatic hydroxyl groups is 1. The molecule has 1 saturated heterocycles. The minimum absolute atomic E-state index is 0.0498. The van der Waals surface area contributed by atoms with E-state index in [0.29, 0.717) is 30.9 Å². The second-order valence-corrected chi connectivity index (χ2v) is 14.1. The number of piperidine rings is 1. The quantitative estimate of drug-likeness (QED) is 0.410. The van der Waals surface area contributed by atoms with Crippen LogP contribution in [0.3, 0.4) is 0 Å². The molecule has 0 aromatic heterocycles. The molecule has 4 aliphatic rings. The van der Waals surface area contributed by atoms with E-state index in [-0.39, 0.29) is 35.4 Å². The Morgan fingerprint density at radius 1 is 1.26 bits per heavy atom. The highest BCUT2D eigenvalue weighted by atomic mass is 32.2. The van der Waals surface area contributed by atoms with Gasteiger partial charge in [0, 0.05) is 42.1 Å².